The molecule has 0 heterocycles. The van der Waals surface area contributed by atoms with Gasteiger partial charge in [0.25, 0.3) is 0 Å². The van der Waals surface area contributed by atoms with Crippen LogP contribution in [-0.4, -0.2) is 30.3 Å². The van der Waals surface area contributed by atoms with E-state index >= 15 is 0 Å². The quantitative estimate of drug-likeness (QED) is 0.578. The molecule has 0 radical (unpaired) electrons. The first kappa shape index (κ1) is 11.4. The van der Waals surface area contributed by atoms with Gasteiger partial charge in [-0.2, -0.15) is 0 Å². The number of hydrogen-bond acceptors (Lipinski definition) is 4. The molecule has 0 saturated carbocycles. The molecule has 4 heteroatoms. The predicted octanol–water partition coefficient (Wildman–Crippen LogP) is 0.0378. The fourth-order valence-electron chi connectivity index (χ4n) is 0.886. The number of unbranched alkanes of at least 4 members (excludes halogenated alkanes) is 1. The number of ether oxygens (including phenoxy) is 1. The molecule has 0 amide bonds. The van der Waals surface area contributed by atoms with Crippen molar-refractivity contribution in [3.8, 4) is 0 Å². The van der Waals surface area contributed by atoms with Crippen molar-refractivity contribution in [1.29, 1.82) is 0 Å². The van der Waals surface area contributed by atoms with Gasteiger partial charge < -0.3 is 15.6 Å². The maximum atomic E-state index is 10.8. The molecular weight excluding hydrogens is 158 g/mol. The Labute approximate surface area is 72.7 Å². The Morgan fingerprint density at radius 2 is 2.25 bits per heavy atom. The molecule has 0 bridgehead atoms. The van der Waals surface area contributed by atoms with Gasteiger partial charge in [0.15, 0.2) is 0 Å². The van der Waals surface area contributed by atoms with Gasteiger partial charge in [-0.15, -0.1) is 0 Å². The SMILES string of the molecule is CCCCC(O)C(N)C(=O)OC. The van der Waals surface area contributed by atoms with Gasteiger partial charge in [-0.05, 0) is 6.42 Å². The Bertz CT molecular complexity index is 138. The highest BCUT2D eigenvalue weighted by molar-refractivity contribution is 5.75. The fourth-order valence-corrected chi connectivity index (χ4v) is 0.886. The zero-order valence-corrected chi connectivity index (χ0v) is 7.62. The number of hydrogen-bond donors (Lipinski definition) is 2. The minimum atomic E-state index is -0.901. The lowest BCUT2D eigenvalue weighted by Crippen LogP contribution is -2.42. The molecular formula is C8H17NO3. The van der Waals surface area contributed by atoms with Crippen molar-refractivity contribution in [3.63, 3.8) is 0 Å². The van der Waals surface area contributed by atoms with Gasteiger partial charge in [-0.1, -0.05) is 19.8 Å². The summed E-state index contributed by atoms with van der Waals surface area (Å²) in [5, 5.41) is 9.32. The number of nitrogens with two attached hydrogens (primary N) is 1. The topological polar surface area (TPSA) is 72.5 Å². The van der Waals surface area contributed by atoms with Gasteiger partial charge in [0.1, 0.15) is 6.04 Å². The molecule has 0 aromatic rings. The van der Waals surface area contributed by atoms with Gasteiger partial charge in [0.2, 0.25) is 0 Å². The Hall–Kier alpha value is -0.610. The van der Waals surface area contributed by atoms with Crippen LogP contribution in [0.2, 0.25) is 0 Å². The van der Waals surface area contributed by atoms with Crippen LogP contribution in [0, 0.1) is 0 Å². The monoisotopic (exact) mass is 175 g/mol. The van der Waals surface area contributed by atoms with E-state index in [0.29, 0.717) is 6.42 Å². The van der Waals surface area contributed by atoms with E-state index < -0.39 is 18.1 Å². The second-order valence-corrected chi connectivity index (χ2v) is 2.76. The maximum absolute atomic E-state index is 10.8. The summed E-state index contributed by atoms with van der Waals surface area (Å²) in [7, 11) is 1.26. The Kier molecular flexibility index (Phi) is 5.66. The first-order valence-corrected chi connectivity index (χ1v) is 4.15. The van der Waals surface area contributed by atoms with E-state index in [-0.39, 0.29) is 0 Å². The molecule has 72 valence electrons. The number of aliphatic hydroxyl groups is 1. The number of rotatable bonds is 5. The first-order valence-electron chi connectivity index (χ1n) is 4.15. The summed E-state index contributed by atoms with van der Waals surface area (Å²) in [5.41, 5.74) is 5.39. The van der Waals surface area contributed by atoms with E-state index in [4.69, 9.17) is 5.73 Å². The van der Waals surface area contributed by atoms with Crippen LogP contribution in [0.4, 0.5) is 0 Å². The molecule has 0 fully saturated rings. The van der Waals surface area contributed by atoms with Crippen molar-refractivity contribution < 1.29 is 14.6 Å². The lowest BCUT2D eigenvalue weighted by molar-refractivity contribution is -0.145. The number of carbonyl (C=O) groups is 1. The number of methoxy groups -OCH3 is 1. The number of carbonyl (C=O) groups excluding carboxylic acids is 1. The Balaban J connectivity index is 3.75. The van der Waals surface area contributed by atoms with Crippen molar-refractivity contribution in [2.24, 2.45) is 5.73 Å². The zero-order valence-electron chi connectivity index (χ0n) is 7.62. The highest BCUT2D eigenvalue weighted by Crippen LogP contribution is 2.04. The van der Waals surface area contributed by atoms with Crippen LogP contribution < -0.4 is 5.73 Å². The van der Waals surface area contributed by atoms with Gasteiger partial charge >= 0.3 is 5.97 Å². The average molecular weight is 175 g/mol. The van der Waals surface area contributed by atoms with Crippen molar-refractivity contribution in [2.75, 3.05) is 7.11 Å². The molecule has 0 aromatic carbocycles. The smallest absolute Gasteiger partial charge is 0.325 e. The molecule has 12 heavy (non-hydrogen) atoms. The van der Waals surface area contributed by atoms with E-state index in [1.54, 1.807) is 0 Å². The highest BCUT2D eigenvalue weighted by Gasteiger charge is 2.22. The van der Waals surface area contributed by atoms with Crippen LogP contribution in [0.15, 0.2) is 0 Å². The molecule has 0 aliphatic rings. The van der Waals surface area contributed by atoms with Crippen molar-refractivity contribution in [2.45, 2.75) is 38.3 Å². The zero-order chi connectivity index (χ0) is 9.56. The lowest BCUT2D eigenvalue weighted by Gasteiger charge is -2.15. The molecule has 0 saturated heterocycles. The van der Waals surface area contributed by atoms with Crippen LogP contribution in [0.25, 0.3) is 0 Å². The summed E-state index contributed by atoms with van der Waals surface area (Å²) in [4.78, 5) is 10.8. The third-order valence-corrected chi connectivity index (χ3v) is 1.74. The van der Waals surface area contributed by atoms with Crippen LogP contribution >= 0.6 is 0 Å². The standard InChI is InChI=1S/C8H17NO3/c1-3-4-5-6(10)7(9)8(11)12-2/h6-7,10H,3-5,9H2,1-2H3. The molecule has 3 N–H and O–H groups in total. The molecule has 0 aromatic heterocycles. The Morgan fingerprint density at radius 3 is 2.67 bits per heavy atom. The predicted molar refractivity (Wildman–Crippen MR) is 45.5 cm³/mol. The fraction of sp³-hybridized carbons (Fsp3) is 0.875. The van der Waals surface area contributed by atoms with Crippen LogP contribution in [0.1, 0.15) is 26.2 Å². The molecule has 0 rings (SSSR count). The summed E-state index contributed by atoms with van der Waals surface area (Å²) in [5.74, 6) is -0.557. The van der Waals surface area contributed by atoms with Crippen molar-refractivity contribution in [3.05, 3.63) is 0 Å². The van der Waals surface area contributed by atoms with Crippen LogP contribution in [-0.2, 0) is 9.53 Å². The van der Waals surface area contributed by atoms with Gasteiger partial charge in [-0.25, -0.2) is 0 Å². The van der Waals surface area contributed by atoms with Crippen LogP contribution in [0.5, 0.6) is 0 Å². The van der Waals surface area contributed by atoms with Crippen LogP contribution in [0.3, 0.4) is 0 Å². The van der Waals surface area contributed by atoms with Gasteiger partial charge in [-0.3, -0.25) is 4.79 Å². The second-order valence-electron chi connectivity index (χ2n) is 2.76. The molecule has 0 aliphatic carbocycles. The van der Waals surface area contributed by atoms with E-state index in [9.17, 15) is 9.90 Å². The third-order valence-electron chi connectivity index (χ3n) is 1.74. The largest absolute Gasteiger partial charge is 0.468 e. The minimum Gasteiger partial charge on any atom is -0.468 e. The lowest BCUT2D eigenvalue weighted by atomic mass is 10.1. The molecule has 2 atom stereocenters. The Morgan fingerprint density at radius 1 is 1.67 bits per heavy atom. The summed E-state index contributed by atoms with van der Waals surface area (Å²) in [6, 6.07) is -0.901. The normalized spacial score (nSPS) is 15.3. The molecule has 0 spiro atoms. The van der Waals surface area contributed by atoms with Gasteiger partial charge in [0.05, 0.1) is 13.2 Å². The summed E-state index contributed by atoms with van der Waals surface area (Å²) >= 11 is 0. The number of aliphatic hydroxyl groups excluding tert-OH is 1. The first-order chi connectivity index (χ1) is 5.63. The van der Waals surface area contributed by atoms with E-state index in [1.165, 1.54) is 7.11 Å². The summed E-state index contributed by atoms with van der Waals surface area (Å²) in [6.45, 7) is 2.01. The van der Waals surface area contributed by atoms with Crippen molar-refractivity contribution in [1.82, 2.24) is 0 Å². The summed E-state index contributed by atoms with van der Waals surface area (Å²) < 4.78 is 4.39. The molecule has 2 unspecified atom stereocenters. The van der Waals surface area contributed by atoms with E-state index in [0.717, 1.165) is 12.8 Å². The summed E-state index contributed by atoms with van der Waals surface area (Å²) in [6.07, 6.45) is 1.61. The van der Waals surface area contributed by atoms with Gasteiger partial charge in [0, 0.05) is 0 Å². The third kappa shape index (κ3) is 3.69. The average Bonchev–Trinajstić information content (AvgIpc) is 2.11. The molecule has 4 nitrogen and oxygen atoms in total. The second kappa shape index (κ2) is 5.97. The highest BCUT2D eigenvalue weighted by atomic mass is 16.5. The number of esters is 1. The maximum Gasteiger partial charge on any atom is 0.325 e. The van der Waals surface area contributed by atoms with E-state index in [1.807, 2.05) is 6.92 Å². The van der Waals surface area contributed by atoms with Crippen molar-refractivity contribution >= 4 is 5.97 Å². The van der Waals surface area contributed by atoms with E-state index in [2.05, 4.69) is 4.74 Å². The molecule has 0 aliphatic heterocycles. The minimum absolute atomic E-state index is 0.548.